The normalized spacial score (nSPS) is 15.5. The van der Waals surface area contributed by atoms with Gasteiger partial charge in [0.05, 0.1) is 0 Å². The van der Waals surface area contributed by atoms with Crippen molar-refractivity contribution in [2.45, 2.75) is 13.8 Å². The van der Waals surface area contributed by atoms with Crippen molar-refractivity contribution in [2.75, 3.05) is 0 Å². The molecule has 3 rings (SSSR count). The van der Waals surface area contributed by atoms with Crippen LogP contribution in [0.2, 0.25) is 0 Å². The molecular weight excluding hydrogens is 204 g/mol. The van der Waals surface area contributed by atoms with Crippen LogP contribution in [0, 0.1) is 6.42 Å². The molecule has 17 heavy (non-hydrogen) atoms. The number of hydrogen-bond donors (Lipinski definition) is 0. The van der Waals surface area contributed by atoms with Crippen LogP contribution in [0.4, 0.5) is 0 Å². The largest absolute Gasteiger partial charge is 0.0646 e. The molecule has 0 heterocycles. The van der Waals surface area contributed by atoms with E-state index < -0.39 is 0 Å². The molecule has 0 heteroatoms. The van der Waals surface area contributed by atoms with Crippen molar-refractivity contribution in [2.24, 2.45) is 0 Å². The van der Waals surface area contributed by atoms with Gasteiger partial charge in [-0.25, -0.2) is 0 Å². The molecular formula is C17H15. The van der Waals surface area contributed by atoms with Gasteiger partial charge in [0, 0.05) is 6.42 Å². The van der Waals surface area contributed by atoms with Gasteiger partial charge in [-0.1, -0.05) is 53.6 Å². The number of allylic oxidation sites excluding steroid dienone is 4. The monoisotopic (exact) mass is 219 g/mol. The van der Waals surface area contributed by atoms with Crippen molar-refractivity contribution in [1.82, 2.24) is 0 Å². The molecule has 0 atom stereocenters. The molecule has 0 spiro atoms. The Morgan fingerprint density at radius 2 is 1.59 bits per heavy atom. The van der Waals surface area contributed by atoms with Crippen LogP contribution in [0.25, 0.3) is 16.3 Å². The van der Waals surface area contributed by atoms with Crippen LogP contribution in [-0.2, 0) is 0 Å². The molecule has 1 aliphatic carbocycles. The fourth-order valence-corrected chi connectivity index (χ4v) is 2.47. The Morgan fingerprint density at radius 3 is 2.29 bits per heavy atom. The van der Waals surface area contributed by atoms with E-state index in [9.17, 15) is 0 Å². The maximum atomic E-state index is 2.27. The summed E-state index contributed by atoms with van der Waals surface area (Å²) in [5.41, 5.74) is 5.37. The first kappa shape index (κ1) is 10.3. The predicted octanol–water partition coefficient (Wildman–Crippen LogP) is 4.78. The van der Waals surface area contributed by atoms with Gasteiger partial charge in [0.15, 0.2) is 0 Å². The lowest BCUT2D eigenvalue weighted by atomic mass is 10.00. The molecule has 0 bridgehead atoms. The van der Waals surface area contributed by atoms with Gasteiger partial charge in [0.25, 0.3) is 0 Å². The summed E-state index contributed by atoms with van der Waals surface area (Å²) < 4.78 is 0. The highest BCUT2D eigenvalue weighted by atomic mass is 14.2. The van der Waals surface area contributed by atoms with E-state index in [4.69, 9.17) is 0 Å². The average molecular weight is 219 g/mol. The summed E-state index contributed by atoms with van der Waals surface area (Å²) in [5, 5.41) is 2.61. The Morgan fingerprint density at radius 1 is 0.824 bits per heavy atom. The summed E-state index contributed by atoms with van der Waals surface area (Å²) in [4.78, 5) is 0. The topological polar surface area (TPSA) is 0 Å². The molecule has 0 unspecified atom stereocenters. The molecule has 0 saturated carbocycles. The van der Waals surface area contributed by atoms with Crippen molar-refractivity contribution in [1.29, 1.82) is 0 Å². The summed E-state index contributed by atoms with van der Waals surface area (Å²) >= 11 is 0. The van der Waals surface area contributed by atoms with E-state index in [2.05, 4.69) is 68.8 Å². The smallest absolute Gasteiger partial charge is 0.0117 e. The Balaban J connectivity index is 2.16. The molecule has 0 saturated heterocycles. The number of rotatable bonds is 1. The van der Waals surface area contributed by atoms with E-state index in [-0.39, 0.29) is 0 Å². The third kappa shape index (κ3) is 1.80. The van der Waals surface area contributed by atoms with E-state index in [0.29, 0.717) is 0 Å². The Hall–Kier alpha value is -1.82. The van der Waals surface area contributed by atoms with E-state index in [1.165, 1.54) is 33.1 Å². The van der Waals surface area contributed by atoms with E-state index in [1.54, 1.807) is 0 Å². The van der Waals surface area contributed by atoms with Crippen LogP contribution >= 0.6 is 0 Å². The molecule has 0 N–H and O–H groups in total. The van der Waals surface area contributed by atoms with Crippen molar-refractivity contribution in [3.63, 3.8) is 0 Å². The number of benzene rings is 2. The maximum absolute atomic E-state index is 2.27. The zero-order chi connectivity index (χ0) is 11.8. The second-order valence-electron chi connectivity index (χ2n) is 4.69. The molecule has 0 amide bonds. The standard InChI is InChI=1S/C17H15/c1-12-9-13(2)17(10-12)16-8-7-14-5-3-4-6-15(14)11-16/h3-11H,1-2H3. The Labute approximate surface area is 102 Å². The fourth-order valence-electron chi connectivity index (χ4n) is 2.47. The van der Waals surface area contributed by atoms with E-state index in [1.807, 2.05) is 0 Å². The fraction of sp³-hybridized carbons (Fsp3) is 0.118. The lowest BCUT2D eigenvalue weighted by molar-refractivity contribution is 1.39. The maximum Gasteiger partial charge on any atom is 0.0117 e. The van der Waals surface area contributed by atoms with Gasteiger partial charge in [-0.2, -0.15) is 0 Å². The molecule has 1 aliphatic rings. The molecule has 2 aromatic rings. The minimum absolute atomic E-state index is 1.30. The highest BCUT2D eigenvalue weighted by Crippen LogP contribution is 2.32. The minimum atomic E-state index is 1.30. The van der Waals surface area contributed by atoms with Crippen LogP contribution in [0.3, 0.4) is 0 Å². The zero-order valence-electron chi connectivity index (χ0n) is 10.2. The Kier molecular flexibility index (Phi) is 2.36. The first-order valence-corrected chi connectivity index (χ1v) is 5.97. The van der Waals surface area contributed by atoms with Gasteiger partial charge in [0.1, 0.15) is 0 Å². The minimum Gasteiger partial charge on any atom is -0.0646 e. The first-order valence-electron chi connectivity index (χ1n) is 5.97. The summed E-state index contributed by atoms with van der Waals surface area (Å²) in [6, 6.07) is 15.2. The second-order valence-corrected chi connectivity index (χ2v) is 4.69. The van der Waals surface area contributed by atoms with Crippen molar-refractivity contribution in [3.8, 4) is 0 Å². The van der Waals surface area contributed by atoms with Gasteiger partial charge < -0.3 is 0 Å². The lowest BCUT2D eigenvalue weighted by Gasteiger charge is -2.05. The van der Waals surface area contributed by atoms with Crippen molar-refractivity contribution in [3.05, 3.63) is 71.7 Å². The van der Waals surface area contributed by atoms with Crippen LogP contribution in [-0.4, -0.2) is 0 Å². The van der Waals surface area contributed by atoms with Gasteiger partial charge >= 0.3 is 0 Å². The van der Waals surface area contributed by atoms with Gasteiger partial charge in [-0.15, -0.1) is 0 Å². The SMILES string of the molecule is CC1=CC(c2ccc3ccccc3c2)=C(C)[CH]1. The molecule has 0 aromatic heterocycles. The lowest BCUT2D eigenvalue weighted by Crippen LogP contribution is -1.83. The highest BCUT2D eigenvalue weighted by Gasteiger charge is 2.11. The van der Waals surface area contributed by atoms with E-state index in [0.717, 1.165) is 0 Å². The summed E-state index contributed by atoms with van der Waals surface area (Å²) in [6.45, 7) is 4.33. The van der Waals surface area contributed by atoms with Crippen molar-refractivity contribution < 1.29 is 0 Å². The average Bonchev–Trinajstić information content (AvgIpc) is 2.68. The van der Waals surface area contributed by atoms with Crippen LogP contribution in [0.1, 0.15) is 19.4 Å². The highest BCUT2D eigenvalue weighted by molar-refractivity contribution is 5.90. The van der Waals surface area contributed by atoms with E-state index >= 15 is 0 Å². The number of hydrogen-bond acceptors (Lipinski definition) is 0. The first-order chi connectivity index (χ1) is 8.24. The summed E-state index contributed by atoms with van der Waals surface area (Å²) in [7, 11) is 0. The Bertz CT molecular complexity index is 642. The zero-order valence-corrected chi connectivity index (χ0v) is 10.2. The summed E-state index contributed by atoms with van der Waals surface area (Å²) in [5.74, 6) is 0. The second kappa shape index (κ2) is 3.89. The molecule has 0 fully saturated rings. The molecule has 83 valence electrons. The summed E-state index contributed by atoms with van der Waals surface area (Å²) in [6.07, 6.45) is 4.50. The quantitative estimate of drug-likeness (QED) is 0.647. The van der Waals surface area contributed by atoms with Gasteiger partial charge in [-0.3, -0.25) is 0 Å². The van der Waals surface area contributed by atoms with Crippen LogP contribution in [0.15, 0.2) is 59.7 Å². The van der Waals surface area contributed by atoms with Crippen molar-refractivity contribution >= 4 is 16.3 Å². The third-order valence-electron chi connectivity index (χ3n) is 3.30. The number of fused-ring (bicyclic) bond motifs is 1. The predicted molar refractivity (Wildman–Crippen MR) is 74.6 cm³/mol. The molecule has 2 aromatic carbocycles. The van der Waals surface area contributed by atoms with Crippen LogP contribution in [0.5, 0.6) is 0 Å². The van der Waals surface area contributed by atoms with Crippen LogP contribution < -0.4 is 0 Å². The third-order valence-corrected chi connectivity index (χ3v) is 3.30. The molecule has 0 nitrogen and oxygen atoms in total. The van der Waals surface area contributed by atoms with Gasteiger partial charge in [0.2, 0.25) is 0 Å². The molecule has 1 radical (unpaired) electrons. The van der Waals surface area contributed by atoms with Gasteiger partial charge in [-0.05, 0) is 41.8 Å². The molecule has 0 aliphatic heterocycles.